The van der Waals surface area contributed by atoms with E-state index in [-0.39, 0.29) is 0 Å². The van der Waals surface area contributed by atoms with Crippen molar-refractivity contribution < 1.29 is 9.85 Å². The summed E-state index contributed by atoms with van der Waals surface area (Å²) in [4.78, 5) is 21.8. The number of nitro groups is 2. The van der Waals surface area contributed by atoms with E-state index in [1.54, 1.807) is 0 Å². The van der Waals surface area contributed by atoms with E-state index in [9.17, 15) is 20.2 Å². The maximum atomic E-state index is 10.2. The van der Waals surface area contributed by atoms with E-state index >= 15 is 0 Å². The quantitative estimate of drug-likeness (QED) is 0.359. The molecule has 0 saturated heterocycles. The van der Waals surface area contributed by atoms with Gasteiger partial charge in [0.05, 0.1) is 0 Å². The second kappa shape index (κ2) is 2.95. The lowest BCUT2D eigenvalue weighted by atomic mass is 10.8. The number of aromatic nitrogens is 2. The molecule has 0 unspecified atom stereocenters. The zero-order valence-corrected chi connectivity index (χ0v) is 5.73. The molecule has 0 saturated carbocycles. The summed E-state index contributed by atoms with van der Waals surface area (Å²) in [6.07, 6.45) is 1.44. The molecule has 12 heavy (non-hydrogen) atoms. The first kappa shape index (κ1) is 8.11. The van der Waals surface area contributed by atoms with E-state index in [4.69, 9.17) is 0 Å². The third-order valence-corrected chi connectivity index (χ3v) is 1.17. The monoisotopic (exact) mass is 172 g/mol. The van der Waals surface area contributed by atoms with Gasteiger partial charge in [-0.1, -0.05) is 0 Å². The SMILES string of the molecule is O=[N+]([O-])C(n1ccnc1)[N+](=O)[O-]. The predicted molar refractivity (Wildman–Crippen MR) is 35.3 cm³/mol. The molecule has 0 radical (unpaired) electrons. The maximum Gasteiger partial charge on any atom is 0.540 e. The topological polar surface area (TPSA) is 104 Å². The number of nitrogens with zero attached hydrogens (tertiary/aromatic N) is 4. The molecular formula is C4H4N4O4. The Hall–Kier alpha value is -1.99. The molecular weight excluding hydrogens is 168 g/mol. The van der Waals surface area contributed by atoms with Crippen LogP contribution >= 0.6 is 0 Å². The van der Waals surface area contributed by atoms with Crippen molar-refractivity contribution in [1.82, 2.24) is 9.55 Å². The molecule has 1 rings (SSSR count). The van der Waals surface area contributed by atoms with Gasteiger partial charge < -0.3 is 0 Å². The maximum absolute atomic E-state index is 10.2. The Labute approximate surface area is 65.7 Å². The Morgan fingerprint density at radius 1 is 1.33 bits per heavy atom. The summed E-state index contributed by atoms with van der Waals surface area (Å²) in [5.41, 5.74) is 0. The van der Waals surface area contributed by atoms with Crippen LogP contribution in [-0.4, -0.2) is 19.4 Å². The summed E-state index contributed by atoms with van der Waals surface area (Å²) in [6, 6.07) is 0. The van der Waals surface area contributed by atoms with E-state index < -0.39 is 16.1 Å². The van der Waals surface area contributed by atoms with Gasteiger partial charge >= 0.3 is 6.29 Å². The third-order valence-electron chi connectivity index (χ3n) is 1.17. The molecule has 0 spiro atoms. The van der Waals surface area contributed by atoms with Crippen molar-refractivity contribution in [2.75, 3.05) is 0 Å². The zero-order valence-electron chi connectivity index (χ0n) is 5.73. The van der Waals surface area contributed by atoms with Crippen molar-refractivity contribution in [3.63, 3.8) is 0 Å². The van der Waals surface area contributed by atoms with Crippen LogP contribution < -0.4 is 0 Å². The van der Waals surface area contributed by atoms with E-state index in [1.165, 1.54) is 6.20 Å². The first-order chi connectivity index (χ1) is 5.63. The normalized spacial score (nSPS) is 10.1. The van der Waals surface area contributed by atoms with Gasteiger partial charge in [-0.3, -0.25) is 20.2 Å². The first-order valence-corrected chi connectivity index (χ1v) is 2.87. The summed E-state index contributed by atoms with van der Waals surface area (Å²) in [5, 5.41) is 20.3. The molecule has 0 N–H and O–H groups in total. The Bertz CT molecular complexity index is 280. The summed E-state index contributed by atoms with van der Waals surface area (Å²) in [6.45, 7) is 0. The highest BCUT2D eigenvalue weighted by molar-refractivity contribution is 4.73. The van der Waals surface area contributed by atoms with Gasteiger partial charge in [0.1, 0.15) is 16.2 Å². The minimum absolute atomic E-state index is 0.806. The molecule has 0 aromatic carbocycles. The molecule has 1 aromatic heterocycles. The average molecular weight is 172 g/mol. The van der Waals surface area contributed by atoms with Crippen LogP contribution in [-0.2, 0) is 0 Å². The number of hydrogen-bond acceptors (Lipinski definition) is 5. The molecule has 8 heteroatoms. The standard InChI is InChI=1S/C4H4N4O4/c9-7(10)4(8(11)12)6-2-1-5-3-6/h1-4H. The highest BCUT2D eigenvalue weighted by Gasteiger charge is 2.33. The highest BCUT2D eigenvalue weighted by atomic mass is 16.7. The largest absolute Gasteiger partial charge is 0.540 e. The van der Waals surface area contributed by atoms with Crippen molar-refractivity contribution >= 4 is 0 Å². The van der Waals surface area contributed by atoms with Crippen LogP contribution in [0.3, 0.4) is 0 Å². The van der Waals surface area contributed by atoms with Crippen LogP contribution in [0.25, 0.3) is 0 Å². The molecule has 1 heterocycles. The fraction of sp³-hybridized carbons (Fsp3) is 0.250. The molecule has 0 aliphatic heterocycles. The second-order valence-corrected chi connectivity index (χ2v) is 1.93. The summed E-state index contributed by atoms with van der Waals surface area (Å²) < 4.78 is 0.806. The van der Waals surface area contributed by atoms with Gasteiger partial charge in [0.25, 0.3) is 0 Å². The van der Waals surface area contributed by atoms with Crippen LogP contribution in [0.1, 0.15) is 6.29 Å². The smallest absolute Gasteiger partial charge is 0.257 e. The molecule has 8 nitrogen and oxygen atoms in total. The lowest BCUT2D eigenvalue weighted by molar-refractivity contribution is -0.773. The number of rotatable bonds is 3. The van der Waals surface area contributed by atoms with Crippen LogP contribution in [0.15, 0.2) is 18.7 Å². The van der Waals surface area contributed by atoms with Crippen LogP contribution in [0.4, 0.5) is 0 Å². The third kappa shape index (κ3) is 1.36. The van der Waals surface area contributed by atoms with Crippen molar-refractivity contribution in [2.45, 2.75) is 6.29 Å². The van der Waals surface area contributed by atoms with Crippen molar-refractivity contribution in [3.8, 4) is 0 Å². The zero-order chi connectivity index (χ0) is 9.14. The fourth-order valence-corrected chi connectivity index (χ4v) is 0.701. The molecule has 64 valence electrons. The Morgan fingerprint density at radius 3 is 2.25 bits per heavy atom. The Balaban J connectivity index is 2.96. The van der Waals surface area contributed by atoms with E-state index in [0.29, 0.717) is 0 Å². The minimum Gasteiger partial charge on any atom is -0.257 e. The Morgan fingerprint density at radius 2 is 1.92 bits per heavy atom. The molecule has 0 amide bonds. The Kier molecular flexibility index (Phi) is 1.99. The van der Waals surface area contributed by atoms with Crippen molar-refractivity contribution in [1.29, 1.82) is 0 Å². The average Bonchev–Trinajstić information content (AvgIpc) is 2.37. The van der Waals surface area contributed by atoms with Gasteiger partial charge in [-0.05, 0) is 0 Å². The van der Waals surface area contributed by atoms with Crippen LogP contribution in [0, 0.1) is 20.2 Å². The van der Waals surface area contributed by atoms with Gasteiger partial charge in [0.15, 0.2) is 0 Å². The van der Waals surface area contributed by atoms with Gasteiger partial charge in [-0.2, -0.15) is 0 Å². The second-order valence-electron chi connectivity index (χ2n) is 1.93. The van der Waals surface area contributed by atoms with Gasteiger partial charge in [-0.25, -0.2) is 9.55 Å². The van der Waals surface area contributed by atoms with Gasteiger partial charge in [0, 0.05) is 12.4 Å². The molecule has 0 bridgehead atoms. The fourth-order valence-electron chi connectivity index (χ4n) is 0.701. The van der Waals surface area contributed by atoms with Crippen LogP contribution in [0.2, 0.25) is 0 Å². The molecule has 0 atom stereocenters. The molecule has 0 aliphatic carbocycles. The van der Waals surface area contributed by atoms with Gasteiger partial charge in [0.2, 0.25) is 0 Å². The summed E-state index contributed by atoms with van der Waals surface area (Å²) in [5.74, 6) is 0. The van der Waals surface area contributed by atoms with E-state index in [1.807, 2.05) is 0 Å². The molecule has 1 aromatic rings. The predicted octanol–water partition coefficient (Wildman–Crippen LogP) is -0.107. The lowest BCUT2D eigenvalue weighted by Gasteiger charge is -2.00. The van der Waals surface area contributed by atoms with Gasteiger partial charge in [-0.15, -0.1) is 0 Å². The van der Waals surface area contributed by atoms with Crippen molar-refractivity contribution in [2.24, 2.45) is 0 Å². The number of imidazole rings is 1. The minimum atomic E-state index is -1.98. The lowest BCUT2D eigenvalue weighted by Crippen LogP contribution is -2.24. The number of hydrogen-bond donors (Lipinski definition) is 0. The first-order valence-electron chi connectivity index (χ1n) is 2.87. The summed E-state index contributed by atoms with van der Waals surface area (Å²) >= 11 is 0. The summed E-state index contributed by atoms with van der Waals surface area (Å²) in [7, 11) is 0. The van der Waals surface area contributed by atoms with E-state index in [2.05, 4.69) is 4.98 Å². The van der Waals surface area contributed by atoms with Crippen molar-refractivity contribution in [3.05, 3.63) is 38.9 Å². The molecule has 0 fully saturated rings. The van der Waals surface area contributed by atoms with E-state index in [0.717, 1.165) is 17.1 Å². The van der Waals surface area contributed by atoms with Crippen LogP contribution in [0.5, 0.6) is 0 Å². The molecule has 0 aliphatic rings. The highest BCUT2D eigenvalue weighted by Crippen LogP contribution is 2.05.